The predicted molar refractivity (Wildman–Crippen MR) is 69.7 cm³/mol. The third kappa shape index (κ3) is 2.73. The fourth-order valence-corrected chi connectivity index (χ4v) is 2.15. The second kappa shape index (κ2) is 5.79. The van der Waals surface area contributed by atoms with Crippen molar-refractivity contribution in [1.29, 1.82) is 0 Å². The van der Waals surface area contributed by atoms with Crippen molar-refractivity contribution in [2.75, 3.05) is 24.6 Å². The largest absolute Gasteiger partial charge is 0.462 e. The van der Waals surface area contributed by atoms with E-state index in [4.69, 9.17) is 10.5 Å². The smallest absolute Gasteiger partial charge is 0.340 e. The number of hydrogen-bond donors (Lipinski definition) is 1. The molecule has 1 aromatic heterocycles. The maximum Gasteiger partial charge on any atom is 0.340 e. The first kappa shape index (κ1) is 13.5. The van der Waals surface area contributed by atoms with Crippen LogP contribution in [0.25, 0.3) is 0 Å². The molecule has 19 heavy (non-hydrogen) atoms. The molecule has 1 unspecified atom stereocenters. The van der Waals surface area contributed by atoms with Gasteiger partial charge in [0.2, 0.25) is 5.91 Å². The summed E-state index contributed by atoms with van der Waals surface area (Å²) in [5.41, 5.74) is 6.46. The lowest BCUT2D eigenvalue weighted by molar-refractivity contribution is -0.117. The molecule has 2 N–H and O–H groups in total. The van der Waals surface area contributed by atoms with E-state index < -0.39 is 5.97 Å². The lowest BCUT2D eigenvalue weighted by Gasteiger charge is -2.18. The molecule has 0 spiro atoms. The fourth-order valence-electron chi connectivity index (χ4n) is 2.15. The number of rotatable bonds is 4. The quantitative estimate of drug-likeness (QED) is 0.803. The minimum absolute atomic E-state index is 0.0333. The Balaban J connectivity index is 2.30. The molecule has 2 heterocycles. The lowest BCUT2D eigenvalue weighted by Crippen LogP contribution is -2.28. The van der Waals surface area contributed by atoms with Gasteiger partial charge in [0.05, 0.1) is 24.1 Å². The molecule has 0 bridgehead atoms. The Labute approximate surface area is 111 Å². The second-order valence-corrected chi connectivity index (χ2v) is 4.42. The first-order valence-corrected chi connectivity index (χ1v) is 6.29. The van der Waals surface area contributed by atoms with Gasteiger partial charge < -0.3 is 15.4 Å². The van der Waals surface area contributed by atoms with E-state index in [-0.39, 0.29) is 11.8 Å². The number of hydrogen-bond acceptors (Lipinski definition) is 5. The Bertz CT molecular complexity index is 490. The highest BCUT2D eigenvalue weighted by molar-refractivity contribution is 6.03. The van der Waals surface area contributed by atoms with E-state index in [0.717, 1.165) is 0 Å². The first-order chi connectivity index (χ1) is 9.17. The average molecular weight is 263 g/mol. The zero-order chi connectivity index (χ0) is 13.8. The summed E-state index contributed by atoms with van der Waals surface area (Å²) in [7, 11) is 0. The minimum atomic E-state index is -0.441. The van der Waals surface area contributed by atoms with Crippen LogP contribution in [0.4, 0.5) is 5.69 Å². The van der Waals surface area contributed by atoms with Crippen LogP contribution in [0, 0.1) is 5.92 Å². The standard InChI is InChI=1S/C13H17N3O3/c1-2-19-13(18)10-3-4-15-7-11(10)16-8-9(6-14)5-12(16)17/h3-4,7,9H,2,5-6,8,14H2,1H3. The average Bonchev–Trinajstić information content (AvgIpc) is 2.80. The molecule has 1 amide bonds. The molecular weight excluding hydrogens is 246 g/mol. The zero-order valence-electron chi connectivity index (χ0n) is 10.8. The van der Waals surface area contributed by atoms with Crippen molar-refractivity contribution in [1.82, 2.24) is 4.98 Å². The summed E-state index contributed by atoms with van der Waals surface area (Å²) < 4.78 is 4.99. The monoisotopic (exact) mass is 263 g/mol. The van der Waals surface area contributed by atoms with Crippen LogP contribution in [0.1, 0.15) is 23.7 Å². The molecule has 6 heteroatoms. The summed E-state index contributed by atoms with van der Waals surface area (Å²) in [5.74, 6) is -0.347. The molecule has 102 valence electrons. The van der Waals surface area contributed by atoms with Gasteiger partial charge in [0.25, 0.3) is 0 Å². The number of carbonyl (C=O) groups excluding carboxylic acids is 2. The van der Waals surface area contributed by atoms with Gasteiger partial charge in [-0.2, -0.15) is 0 Å². The van der Waals surface area contributed by atoms with Crippen LogP contribution >= 0.6 is 0 Å². The Morgan fingerprint density at radius 1 is 1.63 bits per heavy atom. The molecule has 1 aromatic rings. The Hall–Kier alpha value is -1.95. The van der Waals surface area contributed by atoms with Crippen molar-refractivity contribution in [2.45, 2.75) is 13.3 Å². The lowest BCUT2D eigenvalue weighted by atomic mass is 10.1. The summed E-state index contributed by atoms with van der Waals surface area (Å²) in [6.07, 6.45) is 3.44. The van der Waals surface area contributed by atoms with E-state index in [1.807, 2.05) is 0 Å². The van der Waals surface area contributed by atoms with Crippen LogP contribution in [0.5, 0.6) is 0 Å². The predicted octanol–water partition coefficient (Wildman–Crippen LogP) is 0.570. The molecule has 0 saturated carbocycles. The number of anilines is 1. The van der Waals surface area contributed by atoms with Crippen molar-refractivity contribution in [3.05, 3.63) is 24.0 Å². The Kier molecular flexibility index (Phi) is 4.11. The van der Waals surface area contributed by atoms with Crippen LogP contribution in [0.15, 0.2) is 18.5 Å². The Morgan fingerprint density at radius 3 is 3.05 bits per heavy atom. The van der Waals surface area contributed by atoms with Gasteiger partial charge in [0, 0.05) is 19.2 Å². The van der Waals surface area contributed by atoms with Crippen molar-refractivity contribution in [2.24, 2.45) is 11.7 Å². The van der Waals surface area contributed by atoms with Gasteiger partial charge in [0.1, 0.15) is 0 Å². The van der Waals surface area contributed by atoms with Gasteiger partial charge in [-0.1, -0.05) is 0 Å². The van der Waals surface area contributed by atoms with Crippen LogP contribution in [0.2, 0.25) is 0 Å². The van der Waals surface area contributed by atoms with Gasteiger partial charge in [-0.15, -0.1) is 0 Å². The minimum Gasteiger partial charge on any atom is -0.462 e. The van der Waals surface area contributed by atoms with Gasteiger partial charge in [0.15, 0.2) is 0 Å². The van der Waals surface area contributed by atoms with Crippen LogP contribution in [0.3, 0.4) is 0 Å². The van der Waals surface area contributed by atoms with E-state index in [2.05, 4.69) is 4.98 Å². The molecule has 0 aromatic carbocycles. The summed E-state index contributed by atoms with van der Waals surface area (Å²) in [6, 6.07) is 1.57. The van der Waals surface area contributed by atoms with E-state index in [0.29, 0.717) is 37.4 Å². The fraction of sp³-hybridized carbons (Fsp3) is 0.462. The molecule has 1 aliphatic heterocycles. The van der Waals surface area contributed by atoms with Crippen LogP contribution in [-0.2, 0) is 9.53 Å². The molecule has 1 saturated heterocycles. The van der Waals surface area contributed by atoms with Crippen molar-refractivity contribution in [3.63, 3.8) is 0 Å². The molecular formula is C13H17N3O3. The zero-order valence-corrected chi connectivity index (χ0v) is 10.8. The van der Waals surface area contributed by atoms with Crippen molar-refractivity contribution in [3.8, 4) is 0 Å². The van der Waals surface area contributed by atoms with E-state index >= 15 is 0 Å². The Morgan fingerprint density at radius 2 is 2.42 bits per heavy atom. The molecule has 6 nitrogen and oxygen atoms in total. The molecule has 0 aliphatic carbocycles. The summed E-state index contributed by atoms with van der Waals surface area (Å²) in [5, 5.41) is 0. The third-order valence-electron chi connectivity index (χ3n) is 3.12. The van der Waals surface area contributed by atoms with Gasteiger partial charge in [-0.3, -0.25) is 9.78 Å². The van der Waals surface area contributed by atoms with Crippen LogP contribution < -0.4 is 10.6 Å². The number of nitrogens with zero attached hydrogens (tertiary/aromatic N) is 2. The SMILES string of the molecule is CCOC(=O)c1ccncc1N1CC(CN)CC1=O. The first-order valence-electron chi connectivity index (χ1n) is 6.29. The van der Waals surface area contributed by atoms with E-state index in [9.17, 15) is 9.59 Å². The number of ether oxygens (including phenoxy) is 1. The molecule has 2 rings (SSSR count). The third-order valence-corrected chi connectivity index (χ3v) is 3.12. The summed E-state index contributed by atoms with van der Waals surface area (Å²) in [4.78, 5) is 29.4. The summed E-state index contributed by atoms with van der Waals surface area (Å²) in [6.45, 7) is 3.01. The normalized spacial score (nSPS) is 18.7. The number of aromatic nitrogens is 1. The number of esters is 1. The number of carbonyl (C=O) groups is 2. The maximum atomic E-state index is 12.0. The van der Waals surface area contributed by atoms with E-state index in [1.165, 1.54) is 12.4 Å². The van der Waals surface area contributed by atoms with Gasteiger partial charge in [-0.05, 0) is 25.5 Å². The molecule has 1 aliphatic rings. The second-order valence-electron chi connectivity index (χ2n) is 4.42. The number of nitrogens with two attached hydrogens (primary N) is 1. The van der Waals surface area contributed by atoms with Gasteiger partial charge >= 0.3 is 5.97 Å². The molecule has 1 fully saturated rings. The van der Waals surface area contributed by atoms with Crippen molar-refractivity contribution >= 4 is 17.6 Å². The number of pyridine rings is 1. The molecule has 1 atom stereocenters. The van der Waals surface area contributed by atoms with E-state index in [1.54, 1.807) is 17.9 Å². The highest BCUT2D eigenvalue weighted by atomic mass is 16.5. The van der Waals surface area contributed by atoms with Crippen LogP contribution in [-0.4, -0.2) is 36.6 Å². The van der Waals surface area contributed by atoms with Crippen molar-refractivity contribution < 1.29 is 14.3 Å². The highest BCUT2D eigenvalue weighted by Crippen LogP contribution is 2.27. The summed E-state index contributed by atoms with van der Waals surface area (Å²) >= 11 is 0. The maximum absolute atomic E-state index is 12.0. The highest BCUT2D eigenvalue weighted by Gasteiger charge is 2.32. The molecule has 0 radical (unpaired) electrons. The number of amides is 1. The topological polar surface area (TPSA) is 85.5 Å². The van der Waals surface area contributed by atoms with Gasteiger partial charge in [-0.25, -0.2) is 4.79 Å².